The van der Waals surface area contributed by atoms with Gasteiger partial charge in [0.1, 0.15) is 11.8 Å². The third kappa shape index (κ3) is 4.51. The first kappa shape index (κ1) is 18.8. The second-order valence-corrected chi connectivity index (χ2v) is 5.68. The Balaban J connectivity index is 2.35. The summed E-state index contributed by atoms with van der Waals surface area (Å²) in [4.78, 5) is 14.8. The summed E-state index contributed by atoms with van der Waals surface area (Å²) in [6, 6.07) is 14.6. The zero-order valence-corrected chi connectivity index (χ0v) is 15.0. The highest BCUT2D eigenvalue weighted by Crippen LogP contribution is 2.27. The van der Waals surface area contributed by atoms with E-state index >= 15 is 0 Å². The van der Waals surface area contributed by atoms with Crippen LogP contribution in [0.4, 0.5) is 5.69 Å². The Morgan fingerprint density at radius 2 is 1.84 bits per heavy atom. The Bertz CT molecular complexity index is 685. The molecule has 0 saturated carbocycles. The number of hydrogen-bond acceptors (Lipinski definition) is 4. The molecule has 5 heteroatoms. The highest BCUT2D eigenvalue weighted by Gasteiger charge is 2.24. The van der Waals surface area contributed by atoms with Crippen molar-refractivity contribution in [3.8, 4) is 5.75 Å². The minimum Gasteiger partial charge on any atom is -0.496 e. The van der Waals surface area contributed by atoms with Crippen LogP contribution in [-0.2, 0) is 11.4 Å². The molecule has 1 atom stereocenters. The van der Waals surface area contributed by atoms with Gasteiger partial charge < -0.3 is 20.1 Å². The van der Waals surface area contributed by atoms with Crippen LogP contribution in [-0.4, -0.2) is 36.1 Å². The number of aliphatic hydroxyl groups excluding tert-OH is 1. The van der Waals surface area contributed by atoms with E-state index in [1.54, 1.807) is 18.1 Å². The molecule has 0 aromatic heterocycles. The summed E-state index contributed by atoms with van der Waals surface area (Å²) in [5, 5.41) is 12.8. The fourth-order valence-electron chi connectivity index (χ4n) is 2.81. The van der Waals surface area contributed by atoms with E-state index in [0.29, 0.717) is 24.4 Å². The van der Waals surface area contributed by atoms with E-state index in [9.17, 15) is 9.90 Å². The van der Waals surface area contributed by atoms with E-state index in [-0.39, 0.29) is 12.5 Å². The molecule has 0 aliphatic rings. The third-order valence-electron chi connectivity index (χ3n) is 4.22. The molecule has 0 fully saturated rings. The molecule has 0 radical (unpaired) electrons. The van der Waals surface area contributed by atoms with Crippen molar-refractivity contribution in [2.24, 2.45) is 0 Å². The molecule has 5 nitrogen and oxygen atoms in total. The van der Waals surface area contributed by atoms with E-state index in [0.717, 1.165) is 11.3 Å². The lowest BCUT2D eigenvalue weighted by atomic mass is 10.0. The van der Waals surface area contributed by atoms with Crippen molar-refractivity contribution in [2.45, 2.75) is 26.5 Å². The molecule has 2 aromatic carbocycles. The third-order valence-corrected chi connectivity index (χ3v) is 4.22. The predicted octanol–water partition coefficient (Wildman–Crippen LogP) is 3.21. The van der Waals surface area contributed by atoms with Gasteiger partial charge in [-0.05, 0) is 37.6 Å². The number of likely N-dealkylation sites (N-methyl/N-ethyl adjacent to an activating group) is 1. The monoisotopic (exact) mass is 342 g/mol. The molecule has 0 aliphatic heterocycles. The number of carbonyl (C=O) groups is 1. The van der Waals surface area contributed by atoms with Crippen molar-refractivity contribution in [2.75, 3.05) is 25.5 Å². The highest BCUT2D eigenvalue weighted by atomic mass is 16.5. The topological polar surface area (TPSA) is 61.8 Å². The largest absolute Gasteiger partial charge is 0.496 e. The van der Waals surface area contributed by atoms with Crippen LogP contribution in [0.25, 0.3) is 0 Å². The van der Waals surface area contributed by atoms with Crippen LogP contribution >= 0.6 is 0 Å². The molecule has 25 heavy (non-hydrogen) atoms. The Morgan fingerprint density at radius 1 is 1.16 bits per heavy atom. The smallest absolute Gasteiger partial charge is 0.249 e. The molecule has 2 N–H and O–H groups in total. The molecule has 2 rings (SSSR count). The number of rotatable bonds is 8. The van der Waals surface area contributed by atoms with Crippen molar-refractivity contribution in [3.05, 3.63) is 59.7 Å². The molecule has 134 valence electrons. The zero-order valence-electron chi connectivity index (χ0n) is 15.0. The summed E-state index contributed by atoms with van der Waals surface area (Å²) >= 11 is 0. The van der Waals surface area contributed by atoms with Gasteiger partial charge in [-0.3, -0.25) is 4.79 Å². The van der Waals surface area contributed by atoms with Gasteiger partial charge in [-0.25, -0.2) is 0 Å². The van der Waals surface area contributed by atoms with Gasteiger partial charge in [0.2, 0.25) is 5.91 Å². The molecule has 0 saturated heterocycles. The maximum absolute atomic E-state index is 13.0. The van der Waals surface area contributed by atoms with Crippen LogP contribution in [0.3, 0.4) is 0 Å². The van der Waals surface area contributed by atoms with Gasteiger partial charge in [-0.2, -0.15) is 0 Å². The van der Waals surface area contributed by atoms with Gasteiger partial charge in [-0.15, -0.1) is 0 Å². The number of ether oxygens (including phenoxy) is 1. The molecule has 1 unspecified atom stereocenters. The number of aliphatic hydroxyl groups is 1. The summed E-state index contributed by atoms with van der Waals surface area (Å²) < 4.78 is 5.24. The molecule has 0 aliphatic carbocycles. The number of methoxy groups -OCH3 is 1. The van der Waals surface area contributed by atoms with Gasteiger partial charge in [-0.1, -0.05) is 30.3 Å². The van der Waals surface area contributed by atoms with Crippen molar-refractivity contribution in [1.82, 2.24) is 4.90 Å². The van der Waals surface area contributed by atoms with Crippen LogP contribution in [0.1, 0.15) is 31.0 Å². The average Bonchev–Trinajstić information content (AvgIpc) is 2.67. The molecule has 1 amide bonds. The van der Waals surface area contributed by atoms with Crippen molar-refractivity contribution in [1.29, 1.82) is 0 Å². The number of amides is 1. The van der Waals surface area contributed by atoms with Gasteiger partial charge >= 0.3 is 0 Å². The maximum atomic E-state index is 13.0. The van der Waals surface area contributed by atoms with Crippen LogP contribution in [0.5, 0.6) is 5.75 Å². The standard InChI is InChI=1S/C20H26N2O3/c1-4-22(5-2)20(24)19(15-9-7-6-8-10-15)21-17-11-12-18(25-3)16(13-17)14-23/h6-13,19,21,23H,4-5,14H2,1-3H3. The predicted molar refractivity (Wildman–Crippen MR) is 99.7 cm³/mol. The fraction of sp³-hybridized carbons (Fsp3) is 0.350. The Morgan fingerprint density at radius 3 is 2.40 bits per heavy atom. The molecular formula is C20H26N2O3. The Kier molecular flexibility index (Phi) is 6.83. The molecule has 2 aromatic rings. The first-order chi connectivity index (χ1) is 12.1. The summed E-state index contributed by atoms with van der Waals surface area (Å²) in [5.41, 5.74) is 2.34. The number of nitrogens with one attached hydrogen (secondary N) is 1. The normalized spacial score (nSPS) is 11.7. The van der Waals surface area contributed by atoms with Gasteiger partial charge in [0.25, 0.3) is 0 Å². The number of carbonyl (C=O) groups excluding carboxylic acids is 1. The summed E-state index contributed by atoms with van der Waals surface area (Å²) in [6.07, 6.45) is 0. The maximum Gasteiger partial charge on any atom is 0.249 e. The lowest BCUT2D eigenvalue weighted by Crippen LogP contribution is -2.37. The SMILES string of the molecule is CCN(CC)C(=O)C(Nc1ccc(OC)c(CO)c1)c1ccccc1. The van der Waals surface area contributed by atoms with E-state index in [4.69, 9.17) is 4.74 Å². The second kappa shape index (κ2) is 9.08. The van der Waals surface area contributed by atoms with Crippen molar-refractivity contribution >= 4 is 11.6 Å². The first-order valence-electron chi connectivity index (χ1n) is 8.52. The van der Waals surface area contributed by atoms with E-state index < -0.39 is 6.04 Å². The van der Waals surface area contributed by atoms with Crippen LogP contribution in [0.2, 0.25) is 0 Å². The van der Waals surface area contributed by atoms with Crippen molar-refractivity contribution in [3.63, 3.8) is 0 Å². The summed E-state index contributed by atoms with van der Waals surface area (Å²) in [5.74, 6) is 0.650. The summed E-state index contributed by atoms with van der Waals surface area (Å²) in [6.45, 7) is 5.13. The molecule has 0 heterocycles. The molecule has 0 spiro atoms. The quantitative estimate of drug-likeness (QED) is 0.773. The number of hydrogen-bond donors (Lipinski definition) is 2. The number of nitrogens with zero attached hydrogens (tertiary/aromatic N) is 1. The summed E-state index contributed by atoms with van der Waals surface area (Å²) in [7, 11) is 1.57. The van der Waals surface area contributed by atoms with Gasteiger partial charge in [0.15, 0.2) is 0 Å². The number of anilines is 1. The minimum absolute atomic E-state index is 0.0255. The van der Waals surface area contributed by atoms with Crippen LogP contribution < -0.4 is 10.1 Å². The molecular weight excluding hydrogens is 316 g/mol. The first-order valence-corrected chi connectivity index (χ1v) is 8.52. The van der Waals surface area contributed by atoms with Crippen LogP contribution in [0.15, 0.2) is 48.5 Å². The van der Waals surface area contributed by atoms with Crippen molar-refractivity contribution < 1.29 is 14.6 Å². The van der Waals surface area contributed by atoms with Gasteiger partial charge in [0.05, 0.1) is 13.7 Å². The molecule has 0 bridgehead atoms. The minimum atomic E-state index is -0.485. The van der Waals surface area contributed by atoms with E-state index in [1.807, 2.05) is 56.3 Å². The Hall–Kier alpha value is -2.53. The highest BCUT2D eigenvalue weighted by molar-refractivity contribution is 5.86. The lowest BCUT2D eigenvalue weighted by Gasteiger charge is -2.27. The van der Waals surface area contributed by atoms with E-state index in [2.05, 4.69) is 5.32 Å². The second-order valence-electron chi connectivity index (χ2n) is 5.68. The zero-order chi connectivity index (χ0) is 18.2. The Labute approximate surface area is 149 Å². The average molecular weight is 342 g/mol. The lowest BCUT2D eigenvalue weighted by molar-refractivity contribution is -0.131. The number of benzene rings is 2. The van der Waals surface area contributed by atoms with E-state index in [1.165, 1.54) is 0 Å². The fourth-order valence-corrected chi connectivity index (χ4v) is 2.81. The van der Waals surface area contributed by atoms with Gasteiger partial charge in [0, 0.05) is 24.3 Å². The van der Waals surface area contributed by atoms with Crippen LogP contribution in [0, 0.1) is 0 Å².